The number of rotatable bonds is 3. The van der Waals surface area contributed by atoms with Gasteiger partial charge in [-0.1, -0.05) is 19.1 Å². The summed E-state index contributed by atoms with van der Waals surface area (Å²) in [6, 6.07) is 5.46. The van der Waals surface area contributed by atoms with Gasteiger partial charge in [-0.15, -0.1) is 0 Å². The Morgan fingerprint density at radius 1 is 1.21 bits per heavy atom. The van der Waals surface area contributed by atoms with E-state index < -0.39 is 35.8 Å². The summed E-state index contributed by atoms with van der Waals surface area (Å²) >= 11 is 0. The number of pyridine rings is 1. The normalized spacial score (nSPS) is 21.5. The zero-order valence-electron chi connectivity index (χ0n) is 15.6. The molecule has 1 aliphatic heterocycles. The van der Waals surface area contributed by atoms with Gasteiger partial charge in [-0.2, -0.15) is 0 Å². The molecule has 3 amide bonds. The Labute approximate surface area is 165 Å². The molecule has 29 heavy (non-hydrogen) atoms. The number of carbonyl (C=O) groups excluding carboxylic acids is 3. The van der Waals surface area contributed by atoms with E-state index in [4.69, 9.17) is 5.73 Å². The number of halogens is 2. The molecule has 2 aromatic rings. The fourth-order valence-corrected chi connectivity index (χ4v) is 3.45. The van der Waals surface area contributed by atoms with Crippen LogP contribution in [0.3, 0.4) is 0 Å². The zero-order valence-corrected chi connectivity index (χ0v) is 15.6. The third-order valence-corrected chi connectivity index (χ3v) is 4.76. The number of piperidine rings is 1. The molecule has 0 spiro atoms. The number of nitrogens with one attached hydrogen (secondary N) is 1. The van der Waals surface area contributed by atoms with Crippen molar-refractivity contribution in [2.24, 2.45) is 11.7 Å². The first-order chi connectivity index (χ1) is 13.8. The van der Waals surface area contributed by atoms with Gasteiger partial charge in [0.1, 0.15) is 12.0 Å². The highest BCUT2D eigenvalue weighted by Crippen LogP contribution is 2.36. The molecule has 1 aromatic carbocycles. The van der Waals surface area contributed by atoms with Crippen molar-refractivity contribution in [2.45, 2.75) is 25.6 Å². The predicted octanol–water partition coefficient (Wildman–Crippen LogP) is 2.21. The van der Waals surface area contributed by atoms with Crippen molar-refractivity contribution in [2.75, 3.05) is 11.9 Å². The highest BCUT2D eigenvalue weighted by atomic mass is 19.1. The summed E-state index contributed by atoms with van der Waals surface area (Å²) in [6.45, 7) is 1.96. The van der Waals surface area contributed by atoms with Gasteiger partial charge < -0.3 is 16.0 Å². The number of carbonyl (C=O) groups is 3. The fourth-order valence-electron chi connectivity index (χ4n) is 3.45. The first-order valence-corrected chi connectivity index (χ1v) is 9.02. The van der Waals surface area contributed by atoms with Crippen LogP contribution < -0.4 is 11.1 Å². The average molecular weight is 402 g/mol. The van der Waals surface area contributed by atoms with Gasteiger partial charge in [-0.3, -0.25) is 19.4 Å². The molecule has 0 aliphatic carbocycles. The highest BCUT2D eigenvalue weighted by molar-refractivity contribution is 6.39. The number of hydrogen-bond acceptors (Lipinski definition) is 4. The predicted molar refractivity (Wildman–Crippen MR) is 101 cm³/mol. The number of likely N-dealkylation sites (tertiary alicyclic amines) is 1. The molecule has 3 N–H and O–H groups in total. The number of amides is 3. The number of aromatic nitrogens is 1. The first kappa shape index (κ1) is 20.4. The van der Waals surface area contributed by atoms with Crippen molar-refractivity contribution in [3.63, 3.8) is 0 Å². The lowest BCUT2D eigenvalue weighted by Crippen LogP contribution is -2.50. The van der Waals surface area contributed by atoms with Crippen LogP contribution in [0.1, 0.15) is 35.3 Å². The summed E-state index contributed by atoms with van der Waals surface area (Å²) in [5.41, 5.74) is 5.76. The molecule has 0 saturated carbocycles. The monoisotopic (exact) mass is 402 g/mol. The van der Waals surface area contributed by atoms with E-state index in [0.717, 1.165) is 4.90 Å². The molecule has 0 unspecified atom stereocenters. The van der Waals surface area contributed by atoms with Gasteiger partial charge in [0.25, 0.3) is 0 Å². The Morgan fingerprint density at radius 3 is 2.55 bits per heavy atom. The highest BCUT2D eigenvalue weighted by Gasteiger charge is 2.40. The van der Waals surface area contributed by atoms with E-state index in [-0.39, 0.29) is 30.1 Å². The third-order valence-electron chi connectivity index (χ3n) is 4.76. The lowest BCUT2D eigenvalue weighted by Gasteiger charge is -2.40. The molecule has 1 aromatic heterocycles. The second-order valence-corrected chi connectivity index (χ2v) is 7.09. The fraction of sp³-hybridized carbons (Fsp3) is 0.300. The maximum atomic E-state index is 14.8. The van der Waals surface area contributed by atoms with E-state index >= 15 is 0 Å². The van der Waals surface area contributed by atoms with E-state index in [2.05, 4.69) is 10.3 Å². The molecule has 3 rings (SSSR count). The summed E-state index contributed by atoms with van der Waals surface area (Å²) in [5, 5.41) is 2.36. The summed E-state index contributed by atoms with van der Waals surface area (Å²) in [6.07, 6.45) is 1.30. The van der Waals surface area contributed by atoms with Gasteiger partial charge in [0.15, 0.2) is 0 Å². The van der Waals surface area contributed by atoms with E-state index in [0.29, 0.717) is 5.56 Å². The summed E-state index contributed by atoms with van der Waals surface area (Å²) in [4.78, 5) is 41.5. The number of nitrogens with zero attached hydrogens (tertiary/aromatic N) is 2. The second kappa shape index (κ2) is 8.34. The first-order valence-electron chi connectivity index (χ1n) is 9.02. The SMILES string of the molecule is C[C@H]1C[C@@H](F)[C@H](c2ccc(F)cc2)N(C(=O)C(=O)Nc2cncc(C(N)=O)c2)C1. The summed E-state index contributed by atoms with van der Waals surface area (Å²) in [7, 11) is 0. The van der Waals surface area contributed by atoms with Crippen LogP contribution in [-0.4, -0.2) is 40.3 Å². The molecule has 1 fully saturated rings. The molecule has 1 saturated heterocycles. The molecular formula is C20H20F2N4O3. The van der Waals surface area contributed by atoms with Gasteiger partial charge in [-0.05, 0) is 36.1 Å². The van der Waals surface area contributed by atoms with Crippen LogP contribution in [0.4, 0.5) is 14.5 Å². The van der Waals surface area contributed by atoms with Crippen LogP contribution in [0.25, 0.3) is 0 Å². The minimum atomic E-state index is -1.40. The zero-order chi connectivity index (χ0) is 21.1. The van der Waals surface area contributed by atoms with E-state index in [9.17, 15) is 23.2 Å². The van der Waals surface area contributed by atoms with Crippen molar-refractivity contribution in [1.82, 2.24) is 9.88 Å². The van der Waals surface area contributed by atoms with E-state index in [1.54, 1.807) is 6.92 Å². The quantitative estimate of drug-likeness (QED) is 0.768. The lowest BCUT2D eigenvalue weighted by atomic mass is 9.88. The number of alkyl halides is 1. The smallest absolute Gasteiger partial charge is 0.313 e. The topological polar surface area (TPSA) is 105 Å². The van der Waals surface area contributed by atoms with Gasteiger partial charge in [0.2, 0.25) is 5.91 Å². The molecular weight excluding hydrogens is 382 g/mol. The lowest BCUT2D eigenvalue weighted by molar-refractivity contribution is -0.148. The van der Waals surface area contributed by atoms with Crippen molar-refractivity contribution in [3.05, 3.63) is 59.7 Å². The van der Waals surface area contributed by atoms with Crippen LogP contribution in [0.2, 0.25) is 0 Å². The van der Waals surface area contributed by atoms with Crippen molar-refractivity contribution < 1.29 is 23.2 Å². The standard InChI is InChI=1S/C20H20F2N4O3/c1-11-6-16(22)17(12-2-4-14(21)5-3-12)26(10-11)20(29)19(28)25-15-7-13(18(23)27)8-24-9-15/h2-5,7-9,11,16-17H,6,10H2,1H3,(H2,23,27)(H,25,28)/t11-,16+,17-/m0/s1. The number of hydrogen-bond donors (Lipinski definition) is 2. The molecule has 9 heteroatoms. The number of benzene rings is 1. The molecule has 7 nitrogen and oxygen atoms in total. The second-order valence-electron chi connectivity index (χ2n) is 7.09. The Bertz CT molecular complexity index is 936. The largest absolute Gasteiger partial charge is 0.366 e. The molecule has 0 bridgehead atoms. The van der Waals surface area contributed by atoms with E-state index in [1.807, 2.05) is 0 Å². The third kappa shape index (κ3) is 4.56. The van der Waals surface area contributed by atoms with Crippen molar-refractivity contribution >= 4 is 23.4 Å². The average Bonchev–Trinajstić information content (AvgIpc) is 2.68. The Balaban J connectivity index is 1.83. The minimum absolute atomic E-state index is 0.0647. The minimum Gasteiger partial charge on any atom is -0.366 e. The Kier molecular flexibility index (Phi) is 5.86. The van der Waals surface area contributed by atoms with Gasteiger partial charge in [0, 0.05) is 12.7 Å². The maximum Gasteiger partial charge on any atom is 0.313 e. The number of anilines is 1. The van der Waals surface area contributed by atoms with Crippen LogP contribution >= 0.6 is 0 Å². The van der Waals surface area contributed by atoms with Crippen LogP contribution in [-0.2, 0) is 9.59 Å². The van der Waals surface area contributed by atoms with Crippen molar-refractivity contribution in [3.8, 4) is 0 Å². The molecule has 152 valence electrons. The van der Waals surface area contributed by atoms with Crippen LogP contribution in [0.5, 0.6) is 0 Å². The van der Waals surface area contributed by atoms with E-state index in [1.165, 1.54) is 42.7 Å². The van der Waals surface area contributed by atoms with Crippen LogP contribution in [0.15, 0.2) is 42.7 Å². The summed E-state index contributed by atoms with van der Waals surface area (Å²) < 4.78 is 28.1. The Hall–Kier alpha value is -3.36. The molecule has 0 radical (unpaired) electrons. The van der Waals surface area contributed by atoms with Gasteiger partial charge in [-0.25, -0.2) is 8.78 Å². The van der Waals surface area contributed by atoms with Crippen LogP contribution in [0, 0.1) is 11.7 Å². The molecule has 2 heterocycles. The van der Waals surface area contributed by atoms with Crippen molar-refractivity contribution in [1.29, 1.82) is 0 Å². The Morgan fingerprint density at radius 2 is 1.90 bits per heavy atom. The maximum absolute atomic E-state index is 14.8. The molecule has 3 atom stereocenters. The molecule has 1 aliphatic rings. The number of nitrogens with two attached hydrogens (primary N) is 1. The van der Waals surface area contributed by atoms with Gasteiger partial charge >= 0.3 is 11.8 Å². The number of primary amides is 1. The summed E-state index contributed by atoms with van der Waals surface area (Å²) in [5.74, 6) is -3.30. The van der Waals surface area contributed by atoms with Gasteiger partial charge in [0.05, 0.1) is 23.5 Å².